The summed E-state index contributed by atoms with van der Waals surface area (Å²) in [5, 5.41) is 6.89. The van der Waals surface area contributed by atoms with Crippen molar-refractivity contribution >= 4 is 12.2 Å². The lowest BCUT2D eigenvalue weighted by molar-refractivity contribution is -0.122. The van der Waals surface area contributed by atoms with E-state index in [1.807, 2.05) is 49.4 Å². The Morgan fingerprint density at radius 3 is 2.55 bits per heavy atom. The van der Waals surface area contributed by atoms with Crippen LogP contribution in [0, 0.1) is 12.7 Å². The zero-order chi connectivity index (χ0) is 22.2. The van der Waals surface area contributed by atoms with Crippen molar-refractivity contribution in [2.24, 2.45) is 0 Å². The van der Waals surface area contributed by atoms with Crippen LogP contribution in [0.4, 0.5) is 10.1 Å². The molecule has 1 N–H and O–H groups in total. The molecule has 0 amide bonds. The highest BCUT2D eigenvalue weighted by Crippen LogP contribution is 2.32. The Labute approximate surface area is 182 Å². The Kier molecular flexibility index (Phi) is 7.65. The van der Waals surface area contributed by atoms with E-state index in [1.165, 1.54) is 31.0 Å². The van der Waals surface area contributed by atoms with Crippen LogP contribution in [0.3, 0.4) is 0 Å². The zero-order valence-corrected chi connectivity index (χ0v) is 17.9. The van der Waals surface area contributed by atoms with E-state index in [2.05, 4.69) is 24.0 Å². The molecule has 5 heteroatoms. The number of nitrogens with zero attached hydrogens (tertiary/aromatic N) is 1. The highest BCUT2D eigenvalue weighted by molar-refractivity contribution is 5.66. The van der Waals surface area contributed by atoms with E-state index in [0.29, 0.717) is 17.4 Å². The summed E-state index contributed by atoms with van der Waals surface area (Å²) in [5.41, 5.74) is 3.71. The molecule has 0 radical (unpaired) electrons. The highest BCUT2D eigenvalue weighted by atomic mass is 19.1. The van der Waals surface area contributed by atoms with Crippen LogP contribution in [0.15, 0.2) is 66.7 Å². The van der Waals surface area contributed by atoms with Gasteiger partial charge in [0.1, 0.15) is 17.3 Å². The molecule has 1 atom stereocenters. The lowest BCUT2D eigenvalue weighted by Crippen LogP contribution is -2.28. The van der Waals surface area contributed by atoms with Gasteiger partial charge in [0, 0.05) is 23.8 Å². The smallest absolute Gasteiger partial charge is 0.290 e. The number of ether oxygens (including phenoxy) is 1. The molecule has 1 fully saturated rings. The summed E-state index contributed by atoms with van der Waals surface area (Å²) in [7, 11) is 0. The monoisotopic (exact) mass is 421 g/mol. The fourth-order valence-corrected chi connectivity index (χ4v) is 4.03. The van der Waals surface area contributed by atoms with Crippen molar-refractivity contribution in [3.63, 3.8) is 0 Å². The van der Waals surface area contributed by atoms with Gasteiger partial charge in [0.25, 0.3) is 6.47 Å². The van der Waals surface area contributed by atoms with Crippen molar-refractivity contribution in [2.75, 3.05) is 11.4 Å². The van der Waals surface area contributed by atoms with E-state index in [4.69, 9.17) is 14.6 Å². The minimum Gasteiger partial charge on any atom is -0.483 e. The first-order valence-corrected chi connectivity index (χ1v) is 10.5. The normalized spacial score (nSPS) is 15.2. The molecule has 1 aliphatic rings. The SMILES string of the molecule is CC[C@@H]1CCCN1c1ccc(Oc2cccc(-c3cc(C)ccc3F)c2)cc1.O=CO. The van der Waals surface area contributed by atoms with Gasteiger partial charge in [-0.25, -0.2) is 4.39 Å². The zero-order valence-electron chi connectivity index (χ0n) is 17.9. The second-order valence-electron chi connectivity index (χ2n) is 7.61. The third-order valence-corrected chi connectivity index (χ3v) is 5.52. The number of halogens is 1. The van der Waals surface area contributed by atoms with Crippen LogP contribution in [-0.4, -0.2) is 24.2 Å². The fraction of sp³-hybridized carbons (Fsp3) is 0.269. The van der Waals surface area contributed by atoms with Gasteiger partial charge in [-0.1, -0.05) is 30.7 Å². The maximum Gasteiger partial charge on any atom is 0.290 e. The van der Waals surface area contributed by atoms with Gasteiger partial charge in [0.2, 0.25) is 0 Å². The van der Waals surface area contributed by atoms with Crippen LogP contribution in [0.5, 0.6) is 11.5 Å². The summed E-state index contributed by atoms with van der Waals surface area (Å²) in [5.74, 6) is 1.28. The van der Waals surface area contributed by atoms with Crippen molar-refractivity contribution in [1.29, 1.82) is 0 Å². The minimum absolute atomic E-state index is 0.219. The quantitative estimate of drug-likeness (QED) is 0.467. The first-order chi connectivity index (χ1) is 15.0. The molecule has 0 unspecified atom stereocenters. The Balaban J connectivity index is 0.000000858. The average Bonchev–Trinajstić information content (AvgIpc) is 3.26. The summed E-state index contributed by atoms with van der Waals surface area (Å²) < 4.78 is 20.3. The molecule has 3 aromatic carbocycles. The number of hydrogen-bond acceptors (Lipinski definition) is 3. The summed E-state index contributed by atoms with van der Waals surface area (Å²) in [4.78, 5) is 10.9. The molecular formula is C26H28FNO3. The molecule has 0 spiro atoms. The molecule has 1 heterocycles. The van der Waals surface area contributed by atoms with Crippen LogP contribution in [0.1, 0.15) is 31.7 Å². The molecule has 4 nitrogen and oxygen atoms in total. The molecule has 4 rings (SSSR count). The summed E-state index contributed by atoms with van der Waals surface area (Å²) in [6.07, 6.45) is 3.72. The van der Waals surface area contributed by atoms with Gasteiger partial charge in [-0.05, 0) is 80.3 Å². The van der Waals surface area contributed by atoms with E-state index < -0.39 is 0 Å². The third kappa shape index (κ3) is 5.63. The van der Waals surface area contributed by atoms with Crippen molar-refractivity contribution in [3.05, 3.63) is 78.1 Å². The number of rotatable bonds is 5. The number of carboxylic acid groups (broad SMARTS) is 1. The Morgan fingerprint density at radius 1 is 1.10 bits per heavy atom. The van der Waals surface area contributed by atoms with Crippen molar-refractivity contribution in [3.8, 4) is 22.6 Å². The molecule has 31 heavy (non-hydrogen) atoms. The number of hydrogen-bond donors (Lipinski definition) is 1. The first kappa shape index (κ1) is 22.3. The van der Waals surface area contributed by atoms with E-state index >= 15 is 0 Å². The summed E-state index contributed by atoms with van der Waals surface area (Å²) >= 11 is 0. The average molecular weight is 422 g/mol. The standard InChI is InChI=1S/C25H26FNO.CH2O2/c1-3-20-7-5-15-27(20)21-10-12-22(13-11-21)28-23-8-4-6-19(17-23)24-16-18(2)9-14-25(24)26;2-1-3/h4,6,8-14,16-17,20H,3,5,7,15H2,1-2H3;1H,(H,2,3)/t20-;/m1./s1. The molecule has 0 bridgehead atoms. The molecule has 0 aliphatic carbocycles. The number of benzene rings is 3. The largest absolute Gasteiger partial charge is 0.483 e. The Morgan fingerprint density at radius 2 is 1.84 bits per heavy atom. The lowest BCUT2D eigenvalue weighted by atomic mass is 10.0. The van der Waals surface area contributed by atoms with Gasteiger partial charge in [-0.2, -0.15) is 0 Å². The van der Waals surface area contributed by atoms with Gasteiger partial charge >= 0.3 is 0 Å². The first-order valence-electron chi connectivity index (χ1n) is 10.5. The van der Waals surface area contributed by atoms with Crippen molar-refractivity contribution in [1.82, 2.24) is 0 Å². The fourth-order valence-electron chi connectivity index (χ4n) is 4.03. The molecule has 0 saturated carbocycles. The predicted molar refractivity (Wildman–Crippen MR) is 122 cm³/mol. The van der Waals surface area contributed by atoms with Gasteiger partial charge < -0.3 is 14.7 Å². The number of aryl methyl sites for hydroxylation is 1. The molecular weight excluding hydrogens is 393 g/mol. The van der Waals surface area contributed by atoms with Crippen LogP contribution in [0.2, 0.25) is 0 Å². The van der Waals surface area contributed by atoms with Crippen LogP contribution < -0.4 is 9.64 Å². The van der Waals surface area contributed by atoms with Crippen LogP contribution in [-0.2, 0) is 4.79 Å². The van der Waals surface area contributed by atoms with Gasteiger partial charge in [0.15, 0.2) is 0 Å². The van der Waals surface area contributed by atoms with E-state index in [0.717, 1.165) is 23.4 Å². The van der Waals surface area contributed by atoms with Crippen LogP contribution in [0.25, 0.3) is 11.1 Å². The second kappa shape index (κ2) is 10.6. The molecule has 3 aromatic rings. The van der Waals surface area contributed by atoms with E-state index in [9.17, 15) is 4.39 Å². The minimum atomic E-state index is -0.250. The van der Waals surface area contributed by atoms with E-state index in [1.54, 1.807) is 6.07 Å². The molecule has 1 aliphatic heterocycles. The van der Waals surface area contributed by atoms with Gasteiger partial charge in [0.05, 0.1) is 0 Å². The predicted octanol–water partition coefficient (Wildman–Crippen LogP) is 6.67. The van der Waals surface area contributed by atoms with Crippen molar-refractivity contribution in [2.45, 2.75) is 39.2 Å². The summed E-state index contributed by atoms with van der Waals surface area (Å²) in [6, 6.07) is 21.7. The molecule has 1 saturated heterocycles. The topological polar surface area (TPSA) is 49.8 Å². The highest BCUT2D eigenvalue weighted by Gasteiger charge is 2.22. The Bertz CT molecular complexity index is 1000. The summed E-state index contributed by atoms with van der Waals surface area (Å²) in [6.45, 7) is 5.10. The van der Waals surface area contributed by atoms with Crippen molar-refractivity contribution < 1.29 is 19.0 Å². The van der Waals surface area contributed by atoms with Gasteiger partial charge in [-0.3, -0.25) is 4.79 Å². The lowest BCUT2D eigenvalue weighted by Gasteiger charge is -2.26. The maximum atomic E-state index is 14.2. The number of carbonyl (C=O) groups is 1. The molecule has 0 aromatic heterocycles. The molecule has 162 valence electrons. The van der Waals surface area contributed by atoms with E-state index in [-0.39, 0.29) is 12.3 Å². The van der Waals surface area contributed by atoms with Gasteiger partial charge in [-0.15, -0.1) is 0 Å². The number of anilines is 1. The third-order valence-electron chi connectivity index (χ3n) is 5.52. The maximum absolute atomic E-state index is 14.2. The second-order valence-corrected chi connectivity index (χ2v) is 7.61. The Hall–Kier alpha value is -3.34. The van der Waals surface area contributed by atoms with Crippen LogP contribution >= 0.6 is 0 Å².